The first kappa shape index (κ1) is 7.54. The maximum absolute atomic E-state index is 11.5. The third kappa shape index (κ3) is 0.876. The molecule has 0 fully saturated rings. The summed E-state index contributed by atoms with van der Waals surface area (Å²) in [4.78, 5) is 22.4. The predicted molar refractivity (Wildman–Crippen MR) is 51.3 cm³/mol. The minimum Gasteiger partial charge on any atom is -0.368 e. The third-order valence-corrected chi connectivity index (χ3v) is 2.41. The van der Waals surface area contributed by atoms with Gasteiger partial charge in [0.2, 0.25) is 0 Å². The fourth-order valence-corrected chi connectivity index (χ4v) is 1.78. The Balaban J connectivity index is 2.48. The van der Waals surface area contributed by atoms with Crippen molar-refractivity contribution >= 4 is 17.0 Å². The van der Waals surface area contributed by atoms with E-state index in [0.29, 0.717) is 12.2 Å². The van der Waals surface area contributed by atoms with Crippen molar-refractivity contribution < 1.29 is 0 Å². The molecule has 0 amide bonds. The van der Waals surface area contributed by atoms with Crippen LogP contribution < -0.4 is 11.0 Å². The summed E-state index contributed by atoms with van der Waals surface area (Å²) < 4.78 is 1.69. The van der Waals surface area contributed by atoms with Crippen LogP contribution in [0.4, 0.5) is 5.82 Å². The van der Waals surface area contributed by atoms with Gasteiger partial charge in [-0.1, -0.05) is 0 Å². The summed E-state index contributed by atoms with van der Waals surface area (Å²) in [5, 5.41) is 3.17. The van der Waals surface area contributed by atoms with Crippen LogP contribution in [0, 0.1) is 0 Å². The maximum Gasteiger partial charge on any atom is 0.327 e. The number of hydrogen-bond donors (Lipinski definition) is 2. The van der Waals surface area contributed by atoms with Crippen molar-refractivity contribution in [2.45, 2.75) is 13.0 Å². The molecule has 0 spiro atoms. The Hall–Kier alpha value is -1.85. The van der Waals surface area contributed by atoms with Gasteiger partial charge in [0.05, 0.1) is 0 Å². The summed E-state index contributed by atoms with van der Waals surface area (Å²) in [5.41, 5.74) is 1.29. The molecule has 0 atom stereocenters. The molecule has 0 bridgehead atoms. The van der Waals surface area contributed by atoms with Crippen LogP contribution in [-0.4, -0.2) is 26.1 Å². The summed E-state index contributed by atoms with van der Waals surface area (Å²) in [6, 6.07) is 0. The number of anilines is 1. The van der Waals surface area contributed by atoms with Crippen LogP contribution in [0.15, 0.2) is 11.1 Å². The van der Waals surface area contributed by atoms with Crippen LogP contribution in [0.1, 0.15) is 6.42 Å². The number of nitrogens with one attached hydrogen (secondary N) is 2. The first-order valence-corrected chi connectivity index (χ1v) is 4.53. The molecule has 1 aliphatic heterocycles. The molecule has 6 nitrogen and oxygen atoms in total. The van der Waals surface area contributed by atoms with Gasteiger partial charge in [-0.25, -0.2) is 14.8 Å². The van der Waals surface area contributed by atoms with Gasteiger partial charge in [-0.3, -0.25) is 9.55 Å². The van der Waals surface area contributed by atoms with Crippen molar-refractivity contribution in [3.8, 4) is 0 Å². The smallest absolute Gasteiger partial charge is 0.327 e. The number of aromatic nitrogens is 4. The van der Waals surface area contributed by atoms with Crippen LogP contribution in [0.5, 0.6) is 0 Å². The zero-order valence-corrected chi connectivity index (χ0v) is 7.45. The van der Waals surface area contributed by atoms with E-state index in [1.165, 1.54) is 6.33 Å². The van der Waals surface area contributed by atoms with Crippen LogP contribution in [0.2, 0.25) is 0 Å². The van der Waals surface area contributed by atoms with E-state index in [4.69, 9.17) is 0 Å². The molecular formula is C8H9N5O. The highest BCUT2D eigenvalue weighted by Crippen LogP contribution is 2.18. The number of rotatable bonds is 0. The lowest BCUT2D eigenvalue weighted by Gasteiger charge is -2.00. The first-order chi connectivity index (χ1) is 6.86. The fourth-order valence-electron chi connectivity index (χ4n) is 1.78. The summed E-state index contributed by atoms with van der Waals surface area (Å²) in [6.07, 6.45) is 2.37. The van der Waals surface area contributed by atoms with Gasteiger partial charge < -0.3 is 5.32 Å². The second-order valence-electron chi connectivity index (χ2n) is 3.28. The Morgan fingerprint density at radius 1 is 1.43 bits per heavy atom. The van der Waals surface area contributed by atoms with E-state index < -0.39 is 0 Å². The third-order valence-electron chi connectivity index (χ3n) is 2.41. The van der Waals surface area contributed by atoms with Gasteiger partial charge in [0.1, 0.15) is 11.8 Å². The SMILES string of the molecule is O=c1[nH]c2ncnc3c2n1CCCN3. The number of hydrogen-bond acceptors (Lipinski definition) is 4. The minimum atomic E-state index is -0.106. The zero-order valence-electron chi connectivity index (χ0n) is 7.45. The van der Waals surface area contributed by atoms with Gasteiger partial charge in [-0.05, 0) is 6.42 Å². The van der Waals surface area contributed by atoms with Crippen LogP contribution >= 0.6 is 0 Å². The van der Waals surface area contributed by atoms with Gasteiger partial charge >= 0.3 is 5.69 Å². The van der Waals surface area contributed by atoms with Crippen LogP contribution in [0.3, 0.4) is 0 Å². The monoisotopic (exact) mass is 191 g/mol. The molecule has 2 aromatic heterocycles. The van der Waals surface area contributed by atoms with E-state index in [1.54, 1.807) is 4.57 Å². The van der Waals surface area contributed by atoms with Gasteiger partial charge in [-0.2, -0.15) is 0 Å². The number of nitrogens with zero attached hydrogens (tertiary/aromatic N) is 3. The van der Waals surface area contributed by atoms with Gasteiger partial charge in [0.25, 0.3) is 0 Å². The topological polar surface area (TPSA) is 75.6 Å². The molecule has 0 saturated carbocycles. The molecule has 14 heavy (non-hydrogen) atoms. The summed E-state index contributed by atoms with van der Waals surface area (Å²) in [5.74, 6) is 0.742. The second kappa shape index (κ2) is 2.57. The molecule has 0 unspecified atom stereocenters. The van der Waals surface area contributed by atoms with E-state index in [-0.39, 0.29) is 5.69 Å². The van der Waals surface area contributed by atoms with Crippen molar-refractivity contribution in [3.63, 3.8) is 0 Å². The largest absolute Gasteiger partial charge is 0.368 e. The Kier molecular flexibility index (Phi) is 1.38. The predicted octanol–water partition coefficient (Wildman–Crippen LogP) is -0.0648. The van der Waals surface area contributed by atoms with E-state index in [1.807, 2.05) is 0 Å². The molecular weight excluding hydrogens is 182 g/mol. The molecule has 72 valence electrons. The van der Waals surface area contributed by atoms with E-state index in [9.17, 15) is 4.79 Å². The average molecular weight is 191 g/mol. The Morgan fingerprint density at radius 2 is 2.36 bits per heavy atom. The molecule has 0 saturated heterocycles. The van der Waals surface area contributed by atoms with Crippen LogP contribution in [-0.2, 0) is 6.54 Å². The Labute approximate surface area is 79.0 Å². The van der Waals surface area contributed by atoms with Gasteiger partial charge in [0.15, 0.2) is 11.5 Å². The summed E-state index contributed by atoms with van der Waals surface area (Å²) >= 11 is 0. The average Bonchev–Trinajstić information content (AvgIpc) is 2.39. The number of H-pyrrole nitrogens is 1. The molecule has 3 heterocycles. The van der Waals surface area contributed by atoms with E-state index >= 15 is 0 Å². The lowest BCUT2D eigenvalue weighted by atomic mass is 10.4. The zero-order chi connectivity index (χ0) is 9.54. The van der Waals surface area contributed by atoms with Crippen molar-refractivity contribution in [2.24, 2.45) is 0 Å². The Bertz CT molecular complexity index is 540. The lowest BCUT2D eigenvalue weighted by Crippen LogP contribution is -2.16. The number of aryl methyl sites for hydroxylation is 1. The lowest BCUT2D eigenvalue weighted by molar-refractivity contribution is 0.668. The highest BCUT2D eigenvalue weighted by molar-refractivity contribution is 5.83. The van der Waals surface area contributed by atoms with E-state index in [2.05, 4.69) is 20.3 Å². The quantitative estimate of drug-likeness (QED) is 0.611. The minimum absolute atomic E-state index is 0.106. The van der Waals surface area contributed by atoms with E-state index in [0.717, 1.165) is 24.3 Å². The molecule has 2 aromatic rings. The molecule has 0 aliphatic carbocycles. The number of imidazole rings is 1. The molecule has 6 heteroatoms. The fraction of sp³-hybridized carbons (Fsp3) is 0.375. The second-order valence-corrected chi connectivity index (χ2v) is 3.28. The number of aromatic amines is 1. The van der Waals surface area contributed by atoms with Crippen molar-refractivity contribution in [1.82, 2.24) is 19.5 Å². The first-order valence-electron chi connectivity index (χ1n) is 4.53. The molecule has 0 radical (unpaired) electrons. The van der Waals surface area contributed by atoms with Crippen molar-refractivity contribution in [2.75, 3.05) is 11.9 Å². The molecule has 3 rings (SSSR count). The van der Waals surface area contributed by atoms with Gasteiger partial charge in [0, 0.05) is 13.1 Å². The summed E-state index contributed by atoms with van der Waals surface area (Å²) in [6.45, 7) is 1.56. The Morgan fingerprint density at radius 3 is 3.29 bits per heavy atom. The standard InChI is InChI=1S/C8H9N5O/c14-8-12-7-5-6(10-4-11-7)9-2-1-3-13(5)8/h4H,1-3H2,(H2,9,10,11,12,14). The van der Waals surface area contributed by atoms with Gasteiger partial charge in [-0.15, -0.1) is 0 Å². The highest BCUT2D eigenvalue weighted by atomic mass is 16.1. The summed E-state index contributed by atoms with van der Waals surface area (Å²) in [7, 11) is 0. The molecule has 0 aromatic carbocycles. The molecule has 1 aliphatic rings. The van der Waals surface area contributed by atoms with Crippen molar-refractivity contribution in [1.29, 1.82) is 0 Å². The highest BCUT2D eigenvalue weighted by Gasteiger charge is 2.15. The van der Waals surface area contributed by atoms with Crippen molar-refractivity contribution in [3.05, 3.63) is 16.8 Å². The maximum atomic E-state index is 11.5. The van der Waals surface area contributed by atoms with Crippen LogP contribution in [0.25, 0.3) is 11.2 Å². The molecule has 2 N–H and O–H groups in total. The normalized spacial score (nSPS) is 15.1.